The molecule has 0 radical (unpaired) electrons. The number of nitrogens with zero attached hydrogens (tertiary/aromatic N) is 5. The van der Waals surface area contributed by atoms with Gasteiger partial charge < -0.3 is 4.98 Å². The van der Waals surface area contributed by atoms with Crippen LogP contribution >= 0.6 is 11.8 Å². The lowest BCUT2D eigenvalue weighted by atomic mass is 9.77. The first-order valence-electron chi connectivity index (χ1n) is 13.4. The Labute approximate surface area is 238 Å². The van der Waals surface area contributed by atoms with E-state index < -0.39 is 0 Å². The average molecular weight is 567 g/mol. The fourth-order valence-corrected chi connectivity index (χ4v) is 6.36. The highest BCUT2D eigenvalue weighted by molar-refractivity contribution is 7.99. The van der Waals surface area contributed by atoms with Crippen LogP contribution in [0.4, 0.5) is 8.78 Å². The van der Waals surface area contributed by atoms with Crippen molar-refractivity contribution >= 4 is 51.5 Å². The van der Waals surface area contributed by atoms with E-state index in [-0.39, 0.29) is 35.3 Å². The first-order valence-corrected chi connectivity index (χ1v) is 14.4. The van der Waals surface area contributed by atoms with Crippen LogP contribution in [0.3, 0.4) is 0 Å². The average Bonchev–Trinajstić information content (AvgIpc) is 3.57. The van der Waals surface area contributed by atoms with E-state index in [4.69, 9.17) is 5.10 Å². The van der Waals surface area contributed by atoms with Gasteiger partial charge in [0.15, 0.2) is 5.65 Å². The van der Waals surface area contributed by atoms with Gasteiger partial charge in [-0.25, -0.2) is 18.8 Å². The number of thioether (sulfide) groups is 1. The summed E-state index contributed by atoms with van der Waals surface area (Å²) in [7, 11) is 0. The molecule has 2 aromatic heterocycles. The maximum Gasteiger partial charge on any atom is 0.253 e. The number of amides is 1. The number of aromatic amines is 1. The van der Waals surface area contributed by atoms with Crippen LogP contribution in [0, 0.1) is 17.6 Å². The van der Waals surface area contributed by atoms with Gasteiger partial charge in [0, 0.05) is 16.8 Å². The second kappa shape index (κ2) is 10.5. The van der Waals surface area contributed by atoms with Crippen molar-refractivity contribution in [3.8, 4) is 0 Å². The molecule has 10 heteroatoms. The van der Waals surface area contributed by atoms with Crippen LogP contribution in [0.2, 0.25) is 0 Å². The van der Waals surface area contributed by atoms with Crippen molar-refractivity contribution < 1.29 is 13.6 Å². The standard InChI is InChI=1S/C31H24F2N6OS/c32-21-12-8-18(9-13-21)16-20-4-3-6-24-27(20)38-39(29(24)19-10-14-22(33)15-11-19)26(40)17-41-31-35-30-28(36-37-31)23-5-1-2-7-25(23)34-30/h1-2,5,7-16,24,29H,3-4,6,17H2,(H,34,35,37)/b20-16+. The minimum absolute atomic E-state index is 0.0320. The van der Waals surface area contributed by atoms with Gasteiger partial charge >= 0.3 is 0 Å². The van der Waals surface area contributed by atoms with E-state index in [9.17, 15) is 13.6 Å². The summed E-state index contributed by atoms with van der Waals surface area (Å²) < 4.78 is 27.3. The van der Waals surface area contributed by atoms with Crippen molar-refractivity contribution in [1.82, 2.24) is 25.2 Å². The molecule has 41 heavy (non-hydrogen) atoms. The second-order valence-electron chi connectivity index (χ2n) is 10.2. The first-order chi connectivity index (χ1) is 20.0. The molecule has 3 heterocycles. The maximum atomic E-state index is 13.8. The van der Waals surface area contributed by atoms with E-state index in [0.29, 0.717) is 16.3 Å². The number of carbonyl (C=O) groups is 1. The van der Waals surface area contributed by atoms with Crippen molar-refractivity contribution in [2.45, 2.75) is 30.5 Å². The zero-order valence-corrected chi connectivity index (χ0v) is 22.6. The predicted molar refractivity (Wildman–Crippen MR) is 155 cm³/mol. The van der Waals surface area contributed by atoms with E-state index in [2.05, 4.69) is 20.2 Å². The topological polar surface area (TPSA) is 87.1 Å². The molecule has 1 aliphatic heterocycles. The van der Waals surface area contributed by atoms with Crippen molar-refractivity contribution in [1.29, 1.82) is 0 Å². The second-order valence-corrected chi connectivity index (χ2v) is 11.1. The van der Waals surface area contributed by atoms with Gasteiger partial charge in [-0.1, -0.05) is 54.2 Å². The quantitative estimate of drug-likeness (QED) is 0.239. The van der Waals surface area contributed by atoms with Crippen molar-refractivity contribution in [2.24, 2.45) is 11.0 Å². The minimum atomic E-state index is -0.356. The van der Waals surface area contributed by atoms with Gasteiger partial charge in [-0.05, 0) is 72.4 Å². The Kier molecular flexibility index (Phi) is 6.54. The van der Waals surface area contributed by atoms with Gasteiger partial charge in [0.2, 0.25) is 5.16 Å². The van der Waals surface area contributed by atoms with Crippen LogP contribution < -0.4 is 0 Å². The van der Waals surface area contributed by atoms with Gasteiger partial charge in [0.25, 0.3) is 5.91 Å². The first kappa shape index (κ1) is 25.5. The van der Waals surface area contributed by atoms with Crippen LogP contribution in [0.5, 0.6) is 0 Å². The molecule has 0 spiro atoms. The monoisotopic (exact) mass is 566 g/mol. The lowest BCUT2D eigenvalue weighted by molar-refractivity contribution is -0.130. The summed E-state index contributed by atoms with van der Waals surface area (Å²) in [5, 5.41) is 16.3. The number of rotatable bonds is 5. The Balaban J connectivity index is 1.18. The normalized spacial score (nSPS) is 19.6. The summed E-state index contributed by atoms with van der Waals surface area (Å²) in [6, 6.07) is 20.0. The number of hydrogen-bond donors (Lipinski definition) is 1. The Hall–Kier alpha value is -4.44. The lowest BCUT2D eigenvalue weighted by Gasteiger charge is -2.29. The summed E-state index contributed by atoms with van der Waals surface area (Å²) in [6.45, 7) is 0. The predicted octanol–water partition coefficient (Wildman–Crippen LogP) is 6.70. The number of nitrogens with one attached hydrogen (secondary N) is 1. The summed E-state index contributed by atoms with van der Waals surface area (Å²) >= 11 is 1.20. The number of allylic oxidation sites excluding steroid dienone is 1. The number of fused-ring (bicyclic) bond motifs is 4. The highest BCUT2D eigenvalue weighted by atomic mass is 32.2. The molecule has 2 unspecified atom stereocenters. The molecule has 1 aliphatic carbocycles. The molecular weight excluding hydrogens is 542 g/mol. The number of carbonyl (C=O) groups excluding carboxylic acids is 1. The summed E-state index contributed by atoms with van der Waals surface area (Å²) in [5.74, 6) is -0.798. The summed E-state index contributed by atoms with van der Waals surface area (Å²) in [5.41, 5.74) is 5.80. The van der Waals surface area contributed by atoms with Crippen molar-refractivity contribution in [2.75, 3.05) is 5.75 Å². The van der Waals surface area contributed by atoms with E-state index in [1.165, 1.54) is 36.0 Å². The molecule has 1 N–H and O–H groups in total. The van der Waals surface area contributed by atoms with Crippen LogP contribution in [-0.4, -0.2) is 42.5 Å². The highest BCUT2D eigenvalue weighted by Crippen LogP contribution is 2.44. The van der Waals surface area contributed by atoms with Crippen LogP contribution in [-0.2, 0) is 4.79 Å². The zero-order chi connectivity index (χ0) is 27.9. The maximum absolute atomic E-state index is 13.8. The molecular formula is C31H24F2N6OS. The molecule has 3 aromatic carbocycles. The van der Waals surface area contributed by atoms with E-state index in [0.717, 1.165) is 52.6 Å². The fourth-order valence-electron chi connectivity index (χ4n) is 5.72. The molecule has 1 amide bonds. The van der Waals surface area contributed by atoms with Gasteiger partial charge in [0.1, 0.15) is 17.2 Å². The van der Waals surface area contributed by atoms with Crippen LogP contribution in [0.15, 0.2) is 88.6 Å². The number of aromatic nitrogens is 4. The minimum Gasteiger partial charge on any atom is -0.338 e. The van der Waals surface area contributed by atoms with E-state index >= 15 is 0 Å². The summed E-state index contributed by atoms with van der Waals surface area (Å²) in [4.78, 5) is 21.5. The highest BCUT2D eigenvalue weighted by Gasteiger charge is 2.43. The smallest absolute Gasteiger partial charge is 0.253 e. The summed E-state index contributed by atoms with van der Waals surface area (Å²) in [6.07, 6.45) is 4.60. The molecule has 0 saturated heterocycles. The number of halogens is 2. The molecule has 5 aromatic rings. The molecule has 2 atom stereocenters. The van der Waals surface area contributed by atoms with Gasteiger partial charge in [-0.2, -0.15) is 5.10 Å². The van der Waals surface area contributed by atoms with Gasteiger partial charge in [0.05, 0.1) is 17.5 Å². The fraction of sp³-hybridized carbons (Fsp3) is 0.194. The largest absolute Gasteiger partial charge is 0.338 e. The zero-order valence-electron chi connectivity index (χ0n) is 21.8. The molecule has 7 nitrogen and oxygen atoms in total. The molecule has 2 aliphatic rings. The number of benzene rings is 3. The third-order valence-corrected chi connectivity index (χ3v) is 8.43. The van der Waals surface area contributed by atoms with E-state index in [1.54, 1.807) is 29.3 Å². The van der Waals surface area contributed by atoms with Gasteiger partial charge in [-0.15, -0.1) is 10.2 Å². The SMILES string of the molecule is O=C(CSc1nnc2c(n1)[nH]c1ccccc12)N1N=C2/C(=C/c3ccc(F)cc3)CCCC2C1c1ccc(F)cc1. The van der Waals surface area contributed by atoms with Crippen molar-refractivity contribution in [3.63, 3.8) is 0 Å². The van der Waals surface area contributed by atoms with Gasteiger partial charge in [-0.3, -0.25) is 4.79 Å². The Morgan fingerprint density at radius 3 is 2.56 bits per heavy atom. The molecule has 7 rings (SSSR count). The number of hydrogen-bond acceptors (Lipinski definition) is 6. The Morgan fingerprint density at radius 1 is 1.00 bits per heavy atom. The third-order valence-electron chi connectivity index (χ3n) is 7.61. The van der Waals surface area contributed by atoms with E-state index in [1.807, 2.05) is 30.3 Å². The van der Waals surface area contributed by atoms with Crippen LogP contribution in [0.25, 0.3) is 28.1 Å². The van der Waals surface area contributed by atoms with Crippen LogP contribution in [0.1, 0.15) is 36.4 Å². The molecule has 1 saturated carbocycles. The molecule has 0 bridgehead atoms. The lowest BCUT2D eigenvalue weighted by Crippen LogP contribution is -2.32. The van der Waals surface area contributed by atoms with Crippen molar-refractivity contribution in [3.05, 3.63) is 101 Å². The number of para-hydroxylation sites is 1. The Morgan fingerprint density at radius 2 is 1.76 bits per heavy atom. The molecule has 1 fully saturated rings. The molecule has 204 valence electrons. The number of hydrazone groups is 1. The number of H-pyrrole nitrogens is 1. The Bertz CT molecular complexity index is 1830. The third kappa shape index (κ3) is 4.88.